The molecule has 1 atom stereocenters. The first kappa shape index (κ1) is 25.2. The zero-order valence-corrected chi connectivity index (χ0v) is 16.6. The number of hydrogen-bond donors (Lipinski definition) is 2. The Bertz CT molecular complexity index is 452. The summed E-state index contributed by atoms with van der Waals surface area (Å²) in [5.74, 6) is 0.756. The molecule has 5 nitrogen and oxygen atoms in total. The molecule has 0 bridgehead atoms. The fourth-order valence-electron chi connectivity index (χ4n) is 2.00. The van der Waals surface area contributed by atoms with E-state index in [0.29, 0.717) is 6.61 Å². The fraction of sp³-hybridized carbons (Fsp3) is 0.588. The van der Waals surface area contributed by atoms with Crippen LogP contribution in [0.25, 0.3) is 0 Å². The third-order valence-corrected chi connectivity index (χ3v) is 3.71. The number of carbonyl (C=O) groups excluding carboxylic acids is 1. The van der Waals surface area contributed by atoms with Crippen LogP contribution < -0.4 is 15.8 Å². The second kappa shape index (κ2) is 13.3. The highest BCUT2D eigenvalue weighted by atomic mass is 35.5. The van der Waals surface area contributed by atoms with Gasteiger partial charge in [-0.15, -0.1) is 24.8 Å². The maximum Gasteiger partial charge on any atom is 0.241 e. The van der Waals surface area contributed by atoms with Gasteiger partial charge in [-0.3, -0.25) is 4.79 Å². The van der Waals surface area contributed by atoms with E-state index in [2.05, 4.69) is 24.1 Å². The lowest BCUT2D eigenvalue weighted by atomic mass is 10.1. The maximum absolute atomic E-state index is 11.9. The molecular formula is C17H31Cl2N3O2. The third kappa shape index (κ3) is 8.73. The van der Waals surface area contributed by atoms with Crippen LogP contribution in [0.1, 0.15) is 27.7 Å². The van der Waals surface area contributed by atoms with Crippen molar-refractivity contribution in [3.63, 3.8) is 0 Å². The molecular weight excluding hydrogens is 349 g/mol. The summed E-state index contributed by atoms with van der Waals surface area (Å²) in [6.45, 7) is 11.8. The number of halogens is 2. The predicted molar refractivity (Wildman–Crippen MR) is 106 cm³/mol. The SMILES string of the molecule is CCN(CC)CCOc1ccc(NC(=O)C(N)C(C)C)cc1.Cl.Cl. The molecule has 0 fully saturated rings. The van der Waals surface area contributed by atoms with Crippen molar-refractivity contribution in [3.8, 4) is 5.75 Å². The van der Waals surface area contributed by atoms with Crippen molar-refractivity contribution in [2.24, 2.45) is 11.7 Å². The molecule has 24 heavy (non-hydrogen) atoms. The Kier molecular flexibility index (Phi) is 14.0. The number of nitrogens with zero attached hydrogens (tertiary/aromatic N) is 1. The number of hydrogen-bond acceptors (Lipinski definition) is 4. The normalized spacial score (nSPS) is 11.5. The molecule has 1 unspecified atom stereocenters. The number of nitrogens with one attached hydrogen (secondary N) is 1. The van der Waals surface area contributed by atoms with Crippen LogP contribution in [-0.2, 0) is 4.79 Å². The van der Waals surface area contributed by atoms with Crippen LogP contribution in [0.4, 0.5) is 5.69 Å². The van der Waals surface area contributed by atoms with Gasteiger partial charge in [0, 0.05) is 12.2 Å². The van der Waals surface area contributed by atoms with Crippen LogP contribution >= 0.6 is 24.8 Å². The zero-order valence-electron chi connectivity index (χ0n) is 15.0. The average molecular weight is 380 g/mol. The van der Waals surface area contributed by atoms with E-state index in [9.17, 15) is 4.79 Å². The Morgan fingerprint density at radius 3 is 2.17 bits per heavy atom. The van der Waals surface area contributed by atoms with E-state index in [4.69, 9.17) is 10.5 Å². The topological polar surface area (TPSA) is 67.6 Å². The molecule has 0 saturated heterocycles. The first-order valence-electron chi connectivity index (χ1n) is 7.99. The first-order chi connectivity index (χ1) is 10.5. The highest BCUT2D eigenvalue weighted by molar-refractivity contribution is 5.94. The van der Waals surface area contributed by atoms with E-state index in [-0.39, 0.29) is 36.6 Å². The lowest BCUT2D eigenvalue weighted by Crippen LogP contribution is -2.39. The Morgan fingerprint density at radius 1 is 1.17 bits per heavy atom. The van der Waals surface area contributed by atoms with E-state index < -0.39 is 6.04 Å². The number of carbonyl (C=O) groups is 1. The van der Waals surface area contributed by atoms with Gasteiger partial charge < -0.3 is 20.7 Å². The standard InChI is InChI=1S/C17H29N3O2.2ClH/c1-5-20(6-2)11-12-22-15-9-7-14(8-10-15)19-17(21)16(18)13(3)4;;/h7-10,13,16H,5-6,11-12,18H2,1-4H3,(H,19,21);2*1H. The number of amides is 1. The zero-order chi connectivity index (χ0) is 16.5. The minimum absolute atomic E-state index is 0. The van der Waals surface area contributed by atoms with Crippen LogP contribution in [0.3, 0.4) is 0 Å². The molecule has 1 aromatic rings. The number of rotatable bonds is 9. The summed E-state index contributed by atoms with van der Waals surface area (Å²) in [5, 5.41) is 2.82. The monoisotopic (exact) mass is 379 g/mol. The van der Waals surface area contributed by atoms with Crippen molar-refractivity contribution >= 4 is 36.4 Å². The number of benzene rings is 1. The molecule has 1 rings (SSSR count). The molecule has 0 radical (unpaired) electrons. The van der Waals surface area contributed by atoms with Crippen LogP contribution in [0.2, 0.25) is 0 Å². The molecule has 3 N–H and O–H groups in total. The molecule has 7 heteroatoms. The molecule has 0 aromatic heterocycles. The molecule has 1 amide bonds. The Labute approximate surface area is 158 Å². The predicted octanol–water partition coefficient (Wildman–Crippen LogP) is 3.17. The molecule has 0 aliphatic rings. The fourth-order valence-corrected chi connectivity index (χ4v) is 2.00. The summed E-state index contributed by atoms with van der Waals surface area (Å²) in [7, 11) is 0. The molecule has 140 valence electrons. The highest BCUT2D eigenvalue weighted by Gasteiger charge is 2.16. The summed E-state index contributed by atoms with van der Waals surface area (Å²) in [5.41, 5.74) is 6.55. The molecule has 1 aromatic carbocycles. The highest BCUT2D eigenvalue weighted by Crippen LogP contribution is 2.16. The van der Waals surface area contributed by atoms with E-state index in [1.54, 1.807) is 0 Å². The molecule has 0 heterocycles. The van der Waals surface area contributed by atoms with E-state index >= 15 is 0 Å². The van der Waals surface area contributed by atoms with Crippen molar-refractivity contribution in [1.29, 1.82) is 0 Å². The summed E-state index contributed by atoms with van der Waals surface area (Å²) in [4.78, 5) is 14.2. The smallest absolute Gasteiger partial charge is 0.241 e. The number of ether oxygens (including phenoxy) is 1. The second-order valence-corrected chi connectivity index (χ2v) is 5.66. The molecule has 0 aliphatic carbocycles. The lowest BCUT2D eigenvalue weighted by molar-refractivity contribution is -0.118. The molecule has 0 saturated carbocycles. The lowest BCUT2D eigenvalue weighted by Gasteiger charge is -2.18. The maximum atomic E-state index is 11.9. The van der Waals surface area contributed by atoms with Crippen molar-refractivity contribution in [1.82, 2.24) is 4.90 Å². The minimum Gasteiger partial charge on any atom is -0.492 e. The molecule has 0 aliphatic heterocycles. The molecule has 0 spiro atoms. The second-order valence-electron chi connectivity index (χ2n) is 5.66. The van der Waals surface area contributed by atoms with Crippen LogP contribution in [-0.4, -0.2) is 43.1 Å². The minimum atomic E-state index is -0.495. The summed E-state index contributed by atoms with van der Waals surface area (Å²) >= 11 is 0. The van der Waals surface area contributed by atoms with Crippen LogP contribution in [0, 0.1) is 5.92 Å². The van der Waals surface area contributed by atoms with Gasteiger partial charge in [0.2, 0.25) is 5.91 Å². The van der Waals surface area contributed by atoms with Gasteiger partial charge in [-0.25, -0.2) is 0 Å². The van der Waals surface area contributed by atoms with Crippen molar-refractivity contribution in [2.45, 2.75) is 33.7 Å². The Hall–Kier alpha value is -1.01. The van der Waals surface area contributed by atoms with Crippen LogP contribution in [0.15, 0.2) is 24.3 Å². The van der Waals surface area contributed by atoms with Crippen molar-refractivity contribution in [3.05, 3.63) is 24.3 Å². The number of anilines is 1. The first-order valence-corrected chi connectivity index (χ1v) is 7.99. The van der Waals surface area contributed by atoms with Gasteiger partial charge in [-0.2, -0.15) is 0 Å². The summed E-state index contributed by atoms with van der Waals surface area (Å²) in [6, 6.07) is 6.89. The summed E-state index contributed by atoms with van der Waals surface area (Å²) in [6.07, 6.45) is 0. The Balaban J connectivity index is 0. The van der Waals surface area contributed by atoms with Crippen molar-refractivity contribution < 1.29 is 9.53 Å². The number of nitrogens with two attached hydrogens (primary N) is 1. The summed E-state index contributed by atoms with van der Waals surface area (Å²) < 4.78 is 5.71. The Morgan fingerprint density at radius 2 is 1.71 bits per heavy atom. The van der Waals surface area contributed by atoms with Gasteiger partial charge >= 0.3 is 0 Å². The van der Waals surface area contributed by atoms with Crippen molar-refractivity contribution in [2.75, 3.05) is 31.6 Å². The largest absolute Gasteiger partial charge is 0.492 e. The van der Waals surface area contributed by atoms with Gasteiger partial charge in [-0.05, 0) is 43.3 Å². The third-order valence-electron chi connectivity index (χ3n) is 3.71. The average Bonchev–Trinajstić information content (AvgIpc) is 2.52. The van der Waals surface area contributed by atoms with Gasteiger partial charge in [0.05, 0.1) is 6.04 Å². The number of likely N-dealkylation sites (N-methyl/N-ethyl adjacent to an activating group) is 1. The van der Waals surface area contributed by atoms with Crippen LogP contribution in [0.5, 0.6) is 5.75 Å². The van der Waals surface area contributed by atoms with E-state index in [1.807, 2.05) is 38.1 Å². The van der Waals surface area contributed by atoms with E-state index in [0.717, 1.165) is 31.1 Å². The van der Waals surface area contributed by atoms with Gasteiger partial charge in [-0.1, -0.05) is 27.7 Å². The van der Waals surface area contributed by atoms with Gasteiger partial charge in [0.1, 0.15) is 12.4 Å². The van der Waals surface area contributed by atoms with Gasteiger partial charge in [0.15, 0.2) is 0 Å². The van der Waals surface area contributed by atoms with Gasteiger partial charge in [0.25, 0.3) is 0 Å². The quantitative estimate of drug-likeness (QED) is 0.691. The van der Waals surface area contributed by atoms with E-state index in [1.165, 1.54) is 0 Å².